The van der Waals surface area contributed by atoms with Crippen LogP contribution in [0.4, 0.5) is 0 Å². The lowest BCUT2D eigenvalue weighted by molar-refractivity contribution is 0.0684. The van der Waals surface area contributed by atoms with Gasteiger partial charge < -0.3 is 4.90 Å². The fourth-order valence-electron chi connectivity index (χ4n) is 3.59. The third-order valence-electron chi connectivity index (χ3n) is 4.01. The van der Waals surface area contributed by atoms with E-state index >= 15 is 0 Å². The number of piperazine rings is 1. The Kier molecular flexibility index (Phi) is 3.09. The second-order valence-corrected chi connectivity index (χ2v) is 6.60. The molecule has 0 aromatic carbocycles. The van der Waals surface area contributed by atoms with E-state index in [-0.39, 0.29) is 0 Å². The lowest BCUT2D eigenvalue weighted by Gasteiger charge is -2.41. The predicted octanol–water partition coefficient (Wildman–Crippen LogP) is 2.06. The molecule has 0 aliphatic carbocycles. The Balaban J connectivity index is 2.08. The maximum absolute atomic E-state index is 2.74. The number of hydrogen-bond acceptors (Lipinski definition) is 2. The van der Waals surface area contributed by atoms with Crippen molar-refractivity contribution in [2.24, 2.45) is 11.3 Å². The molecule has 88 valence electrons. The van der Waals surface area contributed by atoms with E-state index < -0.39 is 0 Å². The van der Waals surface area contributed by atoms with Crippen LogP contribution in [0, 0.1) is 11.3 Å². The Labute approximate surface area is 94.6 Å². The summed E-state index contributed by atoms with van der Waals surface area (Å²) in [6.07, 6.45) is 2.79. The highest BCUT2D eigenvalue weighted by atomic mass is 15.3. The van der Waals surface area contributed by atoms with Gasteiger partial charge >= 0.3 is 0 Å². The van der Waals surface area contributed by atoms with Gasteiger partial charge in [-0.1, -0.05) is 20.8 Å². The standard InChI is InChI=1S/C13H26N2/c1-11-7-12-9-14(4)5-6-15(12)10-13(2,3)8-11/h11-12H,5-10H2,1-4H3. The number of rotatable bonds is 0. The van der Waals surface area contributed by atoms with Crippen LogP contribution >= 0.6 is 0 Å². The molecular weight excluding hydrogens is 184 g/mol. The summed E-state index contributed by atoms with van der Waals surface area (Å²) in [5.41, 5.74) is 0.518. The molecule has 0 amide bonds. The quantitative estimate of drug-likeness (QED) is 0.604. The molecule has 2 atom stereocenters. The Bertz CT molecular complexity index is 225. The second-order valence-electron chi connectivity index (χ2n) is 6.60. The van der Waals surface area contributed by atoms with Gasteiger partial charge in [0.2, 0.25) is 0 Å². The molecule has 2 heteroatoms. The molecule has 2 fully saturated rings. The Hall–Kier alpha value is -0.0800. The summed E-state index contributed by atoms with van der Waals surface area (Å²) in [5.74, 6) is 0.890. The maximum Gasteiger partial charge on any atom is 0.0226 e. The van der Waals surface area contributed by atoms with Crippen molar-refractivity contribution in [2.45, 2.75) is 39.7 Å². The van der Waals surface area contributed by atoms with Crippen molar-refractivity contribution in [3.05, 3.63) is 0 Å². The highest BCUT2D eigenvalue weighted by Gasteiger charge is 2.35. The average molecular weight is 210 g/mol. The van der Waals surface area contributed by atoms with E-state index in [9.17, 15) is 0 Å². The van der Waals surface area contributed by atoms with Crippen molar-refractivity contribution in [1.82, 2.24) is 9.80 Å². The van der Waals surface area contributed by atoms with Gasteiger partial charge in [-0.15, -0.1) is 0 Å². The van der Waals surface area contributed by atoms with Crippen molar-refractivity contribution >= 4 is 0 Å². The van der Waals surface area contributed by atoms with E-state index in [4.69, 9.17) is 0 Å². The van der Waals surface area contributed by atoms with E-state index in [1.807, 2.05) is 0 Å². The predicted molar refractivity (Wildman–Crippen MR) is 65.0 cm³/mol. The van der Waals surface area contributed by atoms with Gasteiger partial charge in [-0.3, -0.25) is 4.90 Å². The van der Waals surface area contributed by atoms with Crippen molar-refractivity contribution in [3.63, 3.8) is 0 Å². The third kappa shape index (κ3) is 2.73. The van der Waals surface area contributed by atoms with Gasteiger partial charge in [0.25, 0.3) is 0 Å². The van der Waals surface area contributed by atoms with Crippen LogP contribution in [0.15, 0.2) is 0 Å². The molecule has 2 rings (SSSR count). The van der Waals surface area contributed by atoms with E-state index in [0.717, 1.165) is 12.0 Å². The molecule has 0 aromatic heterocycles. The highest BCUT2D eigenvalue weighted by Crippen LogP contribution is 2.35. The molecule has 2 aliphatic heterocycles. The van der Waals surface area contributed by atoms with Crippen LogP contribution in [-0.2, 0) is 0 Å². The average Bonchev–Trinajstić information content (AvgIpc) is 2.18. The Morgan fingerprint density at radius 3 is 2.67 bits per heavy atom. The first kappa shape index (κ1) is 11.4. The van der Waals surface area contributed by atoms with Crippen LogP contribution in [0.5, 0.6) is 0 Å². The summed E-state index contributed by atoms with van der Waals surface area (Å²) in [5, 5.41) is 0. The summed E-state index contributed by atoms with van der Waals surface area (Å²) in [7, 11) is 2.26. The maximum atomic E-state index is 2.74. The summed E-state index contributed by atoms with van der Waals surface area (Å²) >= 11 is 0. The van der Waals surface area contributed by atoms with Gasteiger partial charge in [0.15, 0.2) is 0 Å². The first-order chi connectivity index (χ1) is 6.96. The number of likely N-dealkylation sites (N-methyl/N-ethyl adjacent to an activating group) is 1. The number of nitrogens with zero attached hydrogens (tertiary/aromatic N) is 2. The lowest BCUT2D eigenvalue weighted by atomic mass is 9.83. The number of hydrogen-bond donors (Lipinski definition) is 0. The molecule has 2 unspecified atom stereocenters. The van der Waals surface area contributed by atoms with Crippen molar-refractivity contribution in [2.75, 3.05) is 33.2 Å². The van der Waals surface area contributed by atoms with E-state index in [0.29, 0.717) is 5.41 Å². The fourth-order valence-corrected chi connectivity index (χ4v) is 3.59. The summed E-state index contributed by atoms with van der Waals surface area (Å²) in [6.45, 7) is 12.4. The van der Waals surface area contributed by atoms with Gasteiger partial charge in [0.1, 0.15) is 0 Å². The Morgan fingerprint density at radius 1 is 1.20 bits per heavy atom. The van der Waals surface area contributed by atoms with E-state index in [1.165, 1.54) is 39.0 Å². The van der Waals surface area contributed by atoms with Crippen LogP contribution in [0.3, 0.4) is 0 Å². The fraction of sp³-hybridized carbons (Fsp3) is 1.00. The molecule has 2 saturated heterocycles. The molecule has 2 nitrogen and oxygen atoms in total. The first-order valence-electron chi connectivity index (χ1n) is 6.39. The molecule has 0 saturated carbocycles. The SMILES string of the molecule is CC1CC2CN(C)CCN2CC(C)(C)C1. The lowest BCUT2D eigenvalue weighted by Crippen LogP contribution is -2.52. The molecule has 15 heavy (non-hydrogen) atoms. The second kappa shape index (κ2) is 4.06. The summed E-state index contributed by atoms with van der Waals surface area (Å²) in [6, 6.07) is 0.820. The normalized spacial score (nSPS) is 38.4. The highest BCUT2D eigenvalue weighted by molar-refractivity contribution is 4.90. The number of fused-ring (bicyclic) bond motifs is 1. The third-order valence-corrected chi connectivity index (χ3v) is 4.01. The van der Waals surface area contributed by atoms with Crippen LogP contribution in [0.2, 0.25) is 0 Å². The largest absolute Gasteiger partial charge is 0.304 e. The van der Waals surface area contributed by atoms with E-state index in [2.05, 4.69) is 37.6 Å². The molecule has 0 radical (unpaired) electrons. The monoisotopic (exact) mass is 210 g/mol. The van der Waals surface area contributed by atoms with Crippen LogP contribution in [0.25, 0.3) is 0 Å². The minimum atomic E-state index is 0.518. The Morgan fingerprint density at radius 2 is 1.93 bits per heavy atom. The molecule has 0 spiro atoms. The molecule has 0 N–H and O–H groups in total. The smallest absolute Gasteiger partial charge is 0.0226 e. The molecule has 2 heterocycles. The van der Waals surface area contributed by atoms with Gasteiger partial charge in [-0.25, -0.2) is 0 Å². The van der Waals surface area contributed by atoms with E-state index in [1.54, 1.807) is 0 Å². The van der Waals surface area contributed by atoms with Crippen LogP contribution in [0.1, 0.15) is 33.6 Å². The molecular formula is C13H26N2. The van der Waals surface area contributed by atoms with Crippen molar-refractivity contribution < 1.29 is 0 Å². The summed E-state index contributed by atoms with van der Waals surface area (Å²) in [4.78, 5) is 5.23. The van der Waals surface area contributed by atoms with Crippen LogP contribution in [-0.4, -0.2) is 49.1 Å². The van der Waals surface area contributed by atoms with Gasteiger partial charge in [0, 0.05) is 32.2 Å². The summed E-state index contributed by atoms with van der Waals surface area (Å²) < 4.78 is 0. The zero-order chi connectivity index (χ0) is 11.1. The zero-order valence-electron chi connectivity index (χ0n) is 10.8. The van der Waals surface area contributed by atoms with Gasteiger partial charge in [-0.2, -0.15) is 0 Å². The first-order valence-corrected chi connectivity index (χ1v) is 6.39. The topological polar surface area (TPSA) is 6.48 Å². The van der Waals surface area contributed by atoms with Crippen LogP contribution < -0.4 is 0 Å². The van der Waals surface area contributed by atoms with Crippen molar-refractivity contribution in [3.8, 4) is 0 Å². The zero-order valence-corrected chi connectivity index (χ0v) is 10.8. The van der Waals surface area contributed by atoms with Gasteiger partial charge in [-0.05, 0) is 31.2 Å². The minimum Gasteiger partial charge on any atom is -0.304 e. The molecule has 2 aliphatic rings. The molecule has 0 aromatic rings. The van der Waals surface area contributed by atoms with Crippen molar-refractivity contribution in [1.29, 1.82) is 0 Å². The van der Waals surface area contributed by atoms with Gasteiger partial charge in [0.05, 0.1) is 0 Å². The molecule has 0 bridgehead atoms. The minimum absolute atomic E-state index is 0.518.